The molecule has 88 valence electrons. The Kier molecular flexibility index (Phi) is 2.13. The molecule has 17 heavy (non-hydrogen) atoms. The molecule has 1 aliphatic rings. The van der Waals surface area contributed by atoms with Crippen LogP contribution in [0.1, 0.15) is 0 Å². The molecule has 1 aromatic carbocycles. The Morgan fingerprint density at radius 1 is 1.12 bits per heavy atom. The number of H-pyrrole nitrogens is 1. The largest absolute Gasteiger partial charge is 0.586 e. The van der Waals surface area contributed by atoms with Crippen molar-refractivity contribution in [2.75, 3.05) is 0 Å². The van der Waals surface area contributed by atoms with E-state index in [1.54, 1.807) is 24.5 Å². The molecule has 1 aromatic heterocycles. The number of benzene rings is 1. The van der Waals surface area contributed by atoms with Gasteiger partial charge in [-0.3, -0.25) is 0 Å². The summed E-state index contributed by atoms with van der Waals surface area (Å²) >= 11 is 0. The van der Waals surface area contributed by atoms with Crippen LogP contribution in [-0.4, -0.2) is 11.3 Å². The summed E-state index contributed by atoms with van der Waals surface area (Å²) in [6, 6.07) is 4.81. The van der Waals surface area contributed by atoms with E-state index in [2.05, 4.69) is 23.7 Å². The Morgan fingerprint density at radius 3 is 2.65 bits per heavy atom. The van der Waals surface area contributed by atoms with Gasteiger partial charge in [0.15, 0.2) is 11.5 Å². The predicted octanol–water partition coefficient (Wildman–Crippen LogP) is 2.50. The monoisotopic (exact) mass is 255 g/mol. The molecule has 0 saturated heterocycles. The third-order valence-electron chi connectivity index (χ3n) is 2.50. The Bertz CT molecular complexity index is 583. The number of hydrogen-bond donors (Lipinski definition) is 1. The first-order valence-corrected chi connectivity index (χ1v) is 5.46. The van der Waals surface area contributed by atoms with E-state index in [1.165, 1.54) is 6.07 Å². The number of hydrogen-bond acceptors (Lipinski definition) is 2. The fraction of sp³-hybridized carbons (Fsp3) is 0.0909. The Balaban J connectivity index is 2.16. The molecule has 1 aliphatic heterocycles. The molecule has 6 heteroatoms. The van der Waals surface area contributed by atoms with Crippen LogP contribution in [0, 0.1) is 0 Å². The van der Waals surface area contributed by atoms with Crippen LogP contribution in [0.25, 0.3) is 11.1 Å². The highest BCUT2D eigenvalue weighted by Crippen LogP contribution is 2.46. The van der Waals surface area contributed by atoms with Gasteiger partial charge in [-0.15, -0.1) is 18.0 Å². The molecule has 3 nitrogen and oxygen atoms in total. The highest BCUT2D eigenvalue weighted by molar-refractivity contribution is 7.28. The number of fused-ring (bicyclic) bond motifs is 1. The zero-order valence-corrected chi connectivity index (χ0v) is 9.69. The zero-order chi connectivity index (χ0) is 12.0. The molecule has 1 atom stereocenters. The van der Waals surface area contributed by atoms with Crippen LogP contribution in [0.15, 0.2) is 30.6 Å². The third kappa shape index (κ3) is 1.67. The maximum atomic E-state index is 13.0. The van der Waals surface area contributed by atoms with Crippen molar-refractivity contribution in [3.05, 3.63) is 30.6 Å². The second-order valence-corrected chi connectivity index (χ2v) is 4.25. The Morgan fingerprint density at radius 2 is 1.94 bits per heavy atom. The minimum atomic E-state index is -3.59. The van der Waals surface area contributed by atoms with Gasteiger partial charge < -0.3 is 14.5 Å². The number of halogens is 2. The average molecular weight is 255 g/mol. The maximum absolute atomic E-state index is 13.0. The number of aromatic amines is 1. The minimum Gasteiger partial charge on any atom is -0.395 e. The van der Waals surface area contributed by atoms with Gasteiger partial charge in [0.1, 0.15) is 0 Å². The summed E-state index contributed by atoms with van der Waals surface area (Å²) in [6.07, 6.45) is -0.110. The van der Waals surface area contributed by atoms with Crippen LogP contribution >= 0.6 is 9.24 Å². The molecule has 2 heterocycles. The Labute approximate surface area is 97.9 Å². The lowest BCUT2D eigenvalue weighted by atomic mass is 10.1. The van der Waals surface area contributed by atoms with Gasteiger partial charge in [0.05, 0.1) is 0 Å². The Hall–Kier alpha value is -1.61. The fourth-order valence-electron chi connectivity index (χ4n) is 1.79. The van der Waals surface area contributed by atoms with Gasteiger partial charge in [-0.05, 0) is 11.4 Å². The van der Waals surface area contributed by atoms with Crippen molar-refractivity contribution >= 4 is 14.5 Å². The summed E-state index contributed by atoms with van der Waals surface area (Å²) < 4.78 is 34.9. The van der Waals surface area contributed by atoms with E-state index in [0.29, 0.717) is 5.56 Å². The van der Waals surface area contributed by atoms with Gasteiger partial charge in [0, 0.05) is 23.5 Å². The standard InChI is InChI=1S/C11H8F2NO2P/c12-11(13)15-8-3-1-2-6(10(8)16-11)7-4-14-5-9(7)17/h1-5,14H,17H2. The first-order chi connectivity index (χ1) is 8.07. The molecule has 3 rings (SSSR count). The normalized spacial score (nSPS) is 16.2. The van der Waals surface area contributed by atoms with Crippen molar-refractivity contribution in [3.63, 3.8) is 0 Å². The fourth-order valence-corrected chi connectivity index (χ4v) is 2.13. The molecule has 1 unspecified atom stereocenters. The van der Waals surface area contributed by atoms with Gasteiger partial charge >= 0.3 is 6.29 Å². The zero-order valence-electron chi connectivity index (χ0n) is 8.54. The second-order valence-electron chi connectivity index (χ2n) is 3.62. The van der Waals surface area contributed by atoms with E-state index >= 15 is 0 Å². The van der Waals surface area contributed by atoms with Crippen LogP contribution in [0.4, 0.5) is 8.78 Å². The molecule has 0 fully saturated rings. The maximum Gasteiger partial charge on any atom is 0.586 e. The average Bonchev–Trinajstić information content (AvgIpc) is 2.78. The van der Waals surface area contributed by atoms with Crippen molar-refractivity contribution in [1.29, 1.82) is 0 Å². The van der Waals surface area contributed by atoms with E-state index in [1.807, 2.05) is 0 Å². The highest BCUT2D eigenvalue weighted by Gasteiger charge is 2.44. The SMILES string of the molecule is FC1(F)Oc2cccc(-c3c[nH]cc3P)c2O1. The number of rotatable bonds is 1. The molecule has 0 bridgehead atoms. The van der Waals surface area contributed by atoms with E-state index in [-0.39, 0.29) is 11.5 Å². The number of para-hydroxylation sites is 1. The lowest BCUT2D eigenvalue weighted by molar-refractivity contribution is -0.286. The summed E-state index contributed by atoms with van der Waals surface area (Å²) in [5, 5.41) is 0.872. The van der Waals surface area contributed by atoms with E-state index < -0.39 is 6.29 Å². The van der Waals surface area contributed by atoms with E-state index in [4.69, 9.17) is 0 Å². The first-order valence-electron chi connectivity index (χ1n) is 4.88. The van der Waals surface area contributed by atoms with Crippen LogP contribution < -0.4 is 14.8 Å². The van der Waals surface area contributed by atoms with Crippen LogP contribution in [-0.2, 0) is 0 Å². The molecule has 0 radical (unpaired) electrons. The topological polar surface area (TPSA) is 34.2 Å². The van der Waals surface area contributed by atoms with Gasteiger partial charge in [0.2, 0.25) is 0 Å². The summed E-state index contributed by atoms with van der Waals surface area (Å²) in [5.41, 5.74) is 1.36. The van der Waals surface area contributed by atoms with E-state index in [9.17, 15) is 8.78 Å². The van der Waals surface area contributed by atoms with Crippen LogP contribution in [0.3, 0.4) is 0 Å². The van der Waals surface area contributed by atoms with Gasteiger partial charge in [-0.1, -0.05) is 12.1 Å². The van der Waals surface area contributed by atoms with Gasteiger partial charge in [0.25, 0.3) is 0 Å². The molecule has 0 spiro atoms. The molecule has 1 N–H and O–H groups in total. The number of ether oxygens (including phenoxy) is 2. The van der Waals surface area contributed by atoms with Crippen molar-refractivity contribution in [2.24, 2.45) is 0 Å². The van der Waals surface area contributed by atoms with Crippen molar-refractivity contribution in [1.82, 2.24) is 4.98 Å². The van der Waals surface area contributed by atoms with Gasteiger partial charge in [-0.2, -0.15) is 0 Å². The number of nitrogens with one attached hydrogen (secondary N) is 1. The summed E-state index contributed by atoms with van der Waals surface area (Å²) in [6.45, 7) is 0. The lowest BCUT2D eigenvalue weighted by Crippen LogP contribution is -2.26. The van der Waals surface area contributed by atoms with E-state index in [0.717, 1.165) is 10.9 Å². The summed E-state index contributed by atoms with van der Waals surface area (Å²) in [7, 11) is 2.53. The second kappa shape index (κ2) is 3.44. The molecule has 0 saturated carbocycles. The predicted molar refractivity (Wildman–Crippen MR) is 61.8 cm³/mol. The molecule has 2 aromatic rings. The molecule has 0 aliphatic carbocycles. The summed E-state index contributed by atoms with van der Waals surface area (Å²) in [5.74, 6) is 0.124. The molecular weight excluding hydrogens is 247 g/mol. The van der Waals surface area contributed by atoms with Gasteiger partial charge in [-0.25, -0.2) is 0 Å². The van der Waals surface area contributed by atoms with Crippen molar-refractivity contribution < 1.29 is 18.3 Å². The van der Waals surface area contributed by atoms with Crippen LogP contribution in [0.5, 0.6) is 11.5 Å². The van der Waals surface area contributed by atoms with Crippen LogP contribution in [0.2, 0.25) is 0 Å². The lowest BCUT2D eigenvalue weighted by Gasteiger charge is -2.06. The summed E-state index contributed by atoms with van der Waals surface area (Å²) in [4.78, 5) is 2.90. The number of aromatic nitrogens is 1. The molecular formula is C11H8F2NO2P. The third-order valence-corrected chi connectivity index (χ3v) is 2.97. The van der Waals surface area contributed by atoms with Crippen molar-refractivity contribution in [3.8, 4) is 22.6 Å². The quantitative estimate of drug-likeness (QED) is 0.794. The first kappa shape index (κ1) is 10.5. The number of alkyl halides is 2. The molecule has 0 amide bonds. The minimum absolute atomic E-state index is 0.0538. The smallest absolute Gasteiger partial charge is 0.395 e. The highest BCUT2D eigenvalue weighted by atomic mass is 31.0. The van der Waals surface area contributed by atoms with Crippen molar-refractivity contribution in [2.45, 2.75) is 6.29 Å².